The van der Waals surface area contributed by atoms with Crippen molar-refractivity contribution in [3.8, 4) is 0 Å². The summed E-state index contributed by atoms with van der Waals surface area (Å²) in [4.78, 5) is 13.9. The van der Waals surface area contributed by atoms with Crippen molar-refractivity contribution < 1.29 is 4.79 Å². The molecular weight excluding hydrogens is 198 g/mol. The normalized spacial score (nSPS) is 42.4. The predicted molar refractivity (Wildman–Crippen MR) is 57.3 cm³/mol. The molecule has 80 valence electrons. The van der Waals surface area contributed by atoms with E-state index in [1.54, 1.807) is 0 Å². The van der Waals surface area contributed by atoms with Crippen LogP contribution >= 0.6 is 11.6 Å². The SMILES string of the molecule is CC1CC(C(=O)N2CC(C)C(Cl)C2)C1. The molecule has 2 fully saturated rings. The van der Waals surface area contributed by atoms with Gasteiger partial charge in [0.2, 0.25) is 5.91 Å². The maximum Gasteiger partial charge on any atom is 0.225 e. The first kappa shape index (κ1) is 10.3. The summed E-state index contributed by atoms with van der Waals surface area (Å²) in [6.07, 6.45) is 2.16. The first-order valence-electron chi connectivity index (χ1n) is 5.50. The molecule has 1 saturated heterocycles. The molecule has 1 heterocycles. The molecule has 2 atom stereocenters. The largest absolute Gasteiger partial charge is 0.341 e. The fraction of sp³-hybridized carbons (Fsp3) is 0.909. The number of carbonyl (C=O) groups is 1. The molecular formula is C11H18ClNO. The van der Waals surface area contributed by atoms with Crippen molar-refractivity contribution in [2.75, 3.05) is 13.1 Å². The lowest BCUT2D eigenvalue weighted by Crippen LogP contribution is -2.40. The van der Waals surface area contributed by atoms with E-state index in [0.717, 1.165) is 31.8 Å². The van der Waals surface area contributed by atoms with Crippen LogP contribution < -0.4 is 0 Å². The molecule has 2 aliphatic rings. The lowest BCUT2D eigenvalue weighted by molar-refractivity contribution is -0.138. The molecule has 1 aliphatic carbocycles. The second-order valence-corrected chi connectivity index (χ2v) is 5.57. The average Bonchev–Trinajstić information content (AvgIpc) is 2.41. The van der Waals surface area contributed by atoms with Gasteiger partial charge in [-0.25, -0.2) is 0 Å². The van der Waals surface area contributed by atoms with Crippen LogP contribution in [0.2, 0.25) is 0 Å². The molecule has 2 rings (SSSR count). The number of likely N-dealkylation sites (tertiary alicyclic amines) is 1. The highest BCUT2D eigenvalue weighted by Crippen LogP contribution is 2.35. The Morgan fingerprint density at radius 2 is 1.93 bits per heavy atom. The Bertz CT molecular complexity index is 227. The molecule has 1 amide bonds. The number of rotatable bonds is 1. The maximum atomic E-state index is 11.9. The number of hydrogen-bond acceptors (Lipinski definition) is 1. The number of hydrogen-bond donors (Lipinski definition) is 0. The maximum absolute atomic E-state index is 11.9. The molecule has 1 aliphatic heterocycles. The molecule has 0 N–H and O–H groups in total. The van der Waals surface area contributed by atoms with Gasteiger partial charge in [0, 0.05) is 19.0 Å². The fourth-order valence-electron chi connectivity index (χ4n) is 2.47. The third-order valence-corrected chi connectivity index (χ3v) is 4.12. The van der Waals surface area contributed by atoms with Gasteiger partial charge < -0.3 is 4.90 Å². The molecule has 0 aromatic rings. The van der Waals surface area contributed by atoms with Crippen LogP contribution in [0.5, 0.6) is 0 Å². The van der Waals surface area contributed by atoms with Crippen LogP contribution in [-0.4, -0.2) is 29.3 Å². The minimum Gasteiger partial charge on any atom is -0.341 e. The van der Waals surface area contributed by atoms with Crippen molar-refractivity contribution in [2.45, 2.75) is 32.1 Å². The third kappa shape index (κ3) is 1.77. The van der Waals surface area contributed by atoms with E-state index in [-0.39, 0.29) is 5.38 Å². The van der Waals surface area contributed by atoms with Crippen molar-refractivity contribution in [3.05, 3.63) is 0 Å². The summed E-state index contributed by atoms with van der Waals surface area (Å²) in [7, 11) is 0. The summed E-state index contributed by atoms with van der Waals surface area (Å²) in [6.45, 7) is 5.94. The highest BCUT2D eigenvalue weighted by atomic mass is 35.5. The lowest BCUT2D eigenvalue weighted by Gasteiger charge is -2.34. The zero-order valence-corrected chi connectivity index (χ0v) is 9.63. The first-order valence-corrected chi connectivity index (χ1v) is 5.94. The van der Waals surface area contributed by atoms with Gasteiger partial charge in [-0.05, 0) is 24.7 Å². The Balaban J connectivity index is 1.87. The van der Waals surface area contributed by atoms with Crippen molar-refractivity contribution >= 4 is 17.5 Å². The van der Waals surface area contributed by atoms with Crippen LogP contribution in [0.15, 0.2) is 0 Å². The van der Waals surface area contributed by atoms with Crippen molar-refractivity contribution in [1.29, 1.82) is 0 Å². The van der Waals surface area contributed by atoms with Gasteiger partial charge >= 0.3 is 0 Å². The minimum atomic E-state index is 0.163. The minimum absolute atomic E-state index is 0.163. The lowest BCUT2D eigenvalue weighted by atomic mass is 9.75. The van der Waals surface area contributed by atoms with Gasteiger partial charge in [-0.15, -0.1) is 11.6 Å². The standard InChI is InChI=1S/C11H18ClNO/c1-7-3-9(4-7)11(14)13-5-8(2)10(12)6-13/h7-10H,3-6H2,1-2H3. The summed E-state index contributed by atoms with van der Waals surface area (Å²) in [5.74, 6) is 1.85. The van der Waals surface area contributed by atoms with Crippen molar-refractivity contribution in [2.24, 2.45) is 17.8 Å². The Morgan fingerprint density at radius 3 is 2.36 bits per heavy atom. The monoisotopic (exact) mass is 215 g/mol. The predicted octanol–water partition coefficient (Wildman–Crippen LogP) is 2.12. The van der Waals surface area contributed by atoms with E-state index in [2.05, 4.69) is 13.8 Å². The summed E-state index contributed by atoms with van der Waals surface area (Å²) >= 11 is 6.10. The number of amides is 1. The third-order valence-electron chi connectivity index (χ3n) is 3.56. The zero-order chi connectivity index (χ0) is 10.3. The molecule has 0 radical (unpaired) electrons. The molecule has 0 aromatic heterocycles. The van der Waals surface area contributed by atoms with Gasteiger partial charge in [-0.1, -0.05) is 13.8 Å². The van der Waals surface area contributed by atoms with E-state index in [1.807, 2.05) is 4.90 Å². The highest BCUT2D eigenvalue weighted by molar-refractivity contribution is 6.21. The fourth-order valence-corrected chi connectivity index (χ4v) is 2.72. The van der Waals surface area contributed by atoms with Crippen molar-refractivity contribution in [3.63, 3.8) is 0 Å². The highest BCUT2D eigenvalue weighted by Gasteiger charge is 2.38. The topological polar surface area (TPSA) is 20.3 Å². The Labute approximate surface area is 90.6 Å². The second kappa shape index (κ2) is 3.73. The van der Waals surface area contributed by atoms with Crippen LogP contribution in [0.25, 0.3) is 0 Å². The summed E-state index contributed by atoms with van der Waals surface area (Å²) in [5.41, 5.74) is 0. The van der Waals surface area contributed by atoms with E-state index < -0.39 is 0 Å². The van der Waals surface area contributed by atoms with Crippen LogP contribution in [0.4, 0.5) is 0 Å². The van der Waals surface area contributed by atoms with E-state index in [1.165, 1.54) is 0 Å². The first-order chi connectivity index (χ1) is 6.58. The van der Waals surface area contributed by atoms with Gasteiger partial charge in [0.1, 0.15) is 0 Å². The summed E-state index contributed by atoms with van der Waals surface area (Å²) in [5, 5.41) is 0.163. The summed E-state index contributed by atoms with van der Waals surface area (Å²) in [6, 6.07) is 0. The zero-order valence-electron chi connectivity index (χ0n) is 8.87. The second-order valence-electron chi connectivity index (χ2n) is 5.01. The van der Waals surface area contributed by atoms with E-state index in [4.69, 9.17) is 11.6 Å². The average molecular weight is 216 g/mol. The Kier molecular flexibility index (Phi) is 2.74. The van der Waals surface area contributed by atoms with Crippen LogP contribution in [0.1, 0.15) is 26.7 Å². The van der Waals surface area contributed by atoms with Crippen LogP contribution in [0.3, 0.4) is 0 Å². The number of alkyl halides is 1. The van der Waals surface area contributed by atoms with Crippen LogP contribution in [0, 0.1) is 17.8 Å². The number of halogens is 1. The molecule has 3 heteroatoms. The smallest absolute Gasteiger partial charge is 0.225 e. The molecule has 14 heavy (non-hydrogen) atoms. The van der Waals surface area contributed by atoms with E-state index in [0.29, 0.717) is 17.7 Å². The van der Waals surface area contributed by atoms with Crippen molar-refractivity contribution in [1.82, 2.24) is 4.90 Å². The molecule has 2 nitrogen and oxygen atoms in total. The van der Waals surface area contributed by atoms with E-state index >= 15 is 0 Å². The Hall–Kier alpha value is -0.240. The van der Waals surface area contributed by atoms with Crippen LogP contribution in [-0.2, 0) is 4.79 Å². The van der Waals surface area contributed by atoms with Gasteiger partial charge in [0.25, 0.3) is 0 Å². The number of carbonyl (C=O) groups excluding carboxylic acids is 1. The van der Waals surface area contributed by atoms with Gasteiger partial charge in [-0.3, -0.25) is 4.79 Å². The molecule has 0 spiro atoms. The quantitative estimate of drug-likeness (QED) is 0.614. The molecule has 2 unspecified atom stereocenters. The number of nitrogens with zero attached hydrogens (tertiary/aromatic N) is 1. The van der Waals surface area contributed by atoms with Gasteiger partial charge in [0.05, 0.1) is 5.38 Å². The van der Waals surface area contributed by atoms with Gasteiger partial charge in [0.15, 0.2) is 0 Å². The molecule has 0 aromatic carbocycles. The molecule has 1 saturated carbocycles. The molecule has 0 bridgehead atoms. The Morgan fingerprint density at radius 1 is 1.29 bits per heavy atom. The summed E-state index contributed by atoms with van der Waals surface area (Å²) < 4.78 is 0. The van der Waals surface area contributed by atoms with Gasteiger partial charge in [-0.2, -0.15) is 0 Å². The van der Waals surface area contributed by atoms with E-state index in [9.17, 15) is 4.79 Å².